The highest BCUT2D eigenvalue weighted by Crippen LogP contribution is 2.32. The van der Waals surface area contributed by atoms with Crippen LogP contribution in [0.1, 0.15) is 38.5 Å². The molecule has 0 aromatic carbocycles. The normalized spacial score (nSPS) is 19.1. The minimum Gasteiger partial charge on any atom is -0.465 e. The summed E-state index contributed by atoms with van der Waals surface area (Å²) in [6, 6.07) is 0.989. The lowest BCUT2D eigenvalue weighted by atomic mass is 10.1. The minimum atomic E-state index is -0.644. The van der Waals surface area contributed by atoms with Gasteiger partial charge in [0.2, 0.25) is 5.91 Å². The summed E-state index contributed by atoms with van der Waals surface area (Å²) in [6.07, 6.45) is 1.26. The van der Waals surface area contributed by atoms with E-state index in [9.17, 15) is 14.4 Å². The van der Waals surface area contributed by atoms with Gasteiger partial charge in [-0.25, -0.2) is 4.79 Å². The molecule has 0 radical (unpaired) electrons. The fourth-order valence-electron chi connectivity index (χ4n) is 3.43. The summed E-state index contributed by atoms with van der Waals surface area (Å²) >= 11 is 1.30. The van der Waals surface area contributed by atoms with Crippen LogP contribution in [0.2, 0.25) is 0 Å². The molecule has 0 spiro atoms. The van der Waals surface area contributed by atoms with Crippen molar-refractivity contribution in [2.45, 2.75) is 25.4 Å². The number of nitrogens with one attached hydrogen (secondary N) is 3. The second-order valence-electron chi connectivity index (χ2n) is 6.39. The van der Waals surface area contributed by atoms with E-state index < -0.39 is 12.0 Å². The van der Waals surface area contributed by atoms with Crippen LogP contribution in [0.15, 0.2) is 11.4 Å². The van der Waals surface area contributed by atoms with Gasteiger partial charge in [-0.1, -0.05) is 0 Å². The molecular weight excluding hydrogens is 370 g/mol. The zero-order valence-corrected chi connectivity index (χ0v) is 15.5. The molecule has 1 atom stereocenters. The van der Waals surface area contributed by atoms with Crippen molar-refractivity contribution >= 4 is 34.1 Å². The van der Waals surface area contributed by atoms with Gasteiger partial charge in [0.25, 0.3) is 5.91 Å². The average Bonchev–Trinajstić information content (AvgIpc) is 3.40. The van der Waals surface area contributed by atoms with E-state index in [4.69, 9.17) is 4.74 Å². The highest BCUT2D eigenvalue weighted by molar-refractivity contribution is 7.14. The Labute approximate surface area is 159 Å². The largest absolute Gasteiger partial charge is 0.465 e. The average molecular weight is 389 g/mol. The number of amides is 2. The zero-order valence-electron chi connectivity index (χ0n) is 14.7. The Morgan fingerprint density at radius 3 is 3.11 bits per heavy atom. The number of methoxy groups -OCH3 is 1. The predicted octanol–water partition coefficient (Wildman–Crippen LogP) is 0.439. The van der Waals surface area contributed by atoms with Crippen LogP contribution in [0.5, 0.6) is 0 Å². The van der Waals surface area contributed by atoms with Crippen LogP contribution < -0.4 is 15.5 Å². The lowest BCUT2D eigenvalue weighted by Crippen LogP contribution is -2.42. The third-order valence-corrected chi connectivity index (χ3v) is 5.76. The second-order valence-corrected chi connectivity index (χ2v) is 7.29. The zero-order chi connectivity index (χ0) is 19.0. The molecule has 1 saturated heterocycles. The molecule has 0 saturated carbocycles. The molecule has 0 aliphatic carbocycles. The van der Waals surface area contributed by atoms with Crippen molar-refractivity contribution in [3.05, 3.63) is 34.0 Å². The van der Waals surface area contributed by atoms with Crippen molar-refractivity contribution in [1.82, 2.24) is 20.8 Å². The highest BCUT2D eigenvalue weighted by Gasteiger charge is 2.37. The molecule has 27 heavy (non-hydrogen) atoms. The Morgan fingerprint density at radius 1 is 1.44 bits per heavy atom. The molecule has 2 amide bonds. The fourth-order valence-corrected chi connectivity index (χ4v) is 4.35. The Hall–Kier alpha value is -2.72. The number of aromatic nitrogens is 2. The summed E-state index contributed by atoms with van der Waals surface area (Å²) in [4.78, 5) is 38.8. The standard InChI is InChI=1S/C17H19N5O4S/c1-26-17(25)9-4-7-27-16(9)22-6-3-12(15(22)24)19-14(23)13-10-8-18-5-2-11(10)20-21-13/h4,7,12,18H,2-3,5-6,8H2,1H3,(H,19,23)(H,20,21). The van der Waals surface area contributed by atoms with Gasteiger partial charge in [0.15, 0.2) is 5.69 Å². The summed E-state index contributed by atoms with van der Waals surface area (Å²) in [5.41, 5.74) is 2.50. The SMILES string of the molecule is COC(=O)c1ccsc1N1CCC(NC(=O)c2n[nH]c3c2CNCC3)C1=O. The van der Waals surface area contributed by atoms with Crippen molar-refractivity contribution < 1.29 is 19.1 Å². The molecule has 2 aromatic rings. The number of rotatable bonds is 4. The van der Waals surface area contributed by atoms with Gasteiger partial charge >= 0.3 is 5.97 Å². The van der Waals surface area contributed by atoms with Crippen LogP contribution >= 0.6 is 11.3 Å². The van der Waals surface area contributed by atoms with Crippen LogP contribution in [0.4, 0.5) is 5.00 Å². The first-order chi connectivity index (χ1) is 13.1. The monoisotopic (exact) mass is 389 g/mol. The van der Waals surface area contributed by atoms with E-state index in [0.717, 1.165) is 24.2 Å². The number of ether oxygens (including phenoxy) is 1. The number of nitrogens with zero attached hydrogens (tertiary/aromatic N) is 2. The number of aromatic amines is 1. The molecule has 0 bridgehead atoms. The number of hydrogen-bond donors (Lipinski definition) is 3. The first-order valence-corrected chi connectivity index (χ1v) is 9.53. The number of anilines is 1. The minimum absolute atomic E-state index is 0.238. The van der Waals surface area contributed by atoms with Gasteiger partial charge in [-0.05, 0) is 17.9 Å². The van der Waals surface area contributed by atoms with Gasteiger partial charge in [-0.2, -0.15) is 5.10 Å². The van der Waals surface area contributed by atoms with Gasteiger partial charge in [0.1, 0.15) is 11.0 Å². The summed E-state index contributed by atoms with van der Waals surface area (Å²) in [5, 5.41) is 15.3. The smallest absolute Gasteiger partial charge is 0.340 e. The molecule has 1 fully saturated rings. The molecular formula is C17H19N5O4S. The van der Waals surface area contributed by atoms with Gasteiger partial charge in [0, 0.05) is 37.3 Å². The Kier molecular flexibility index (Phi) is 4.66. The molecule has 142 valence electrons. The van der Waals surface area contributed by atoms with Crippen LogP contribution in [0.3, 0.4) is 0 Å². The second kappa shape index (κ2) is 7.12. The van der Waals surface area contributed by atoms with Crippen molar-refractivity contribution in [2.24, 2.45) is 0 Å². The molecule has 10 heteroatoms. The van der Waals surface area contributed by atoms with Gasteiger partial charge in [0.05, 0.1) is 12.7 Å². The predicted molar refractivity (Wildman–Crippen MR) is 97.9 cm³/mol. The number of carbonyl (C=O) groups is 3. The fraction of sp³-hybridized carbons (Fsp3) is 0.412. The van der Waals surface area contributed by atoms with Gasteiger partial charge in [-0.3, -0.25) is 14.7 Å². The van der Waals surface area contributed by atoms with Crippen molar-refractivity contribution in [2.75, 3.05) is 25.1 Å². The molecule has 2 aliphatic rings. The number of esters is 1. The van der Waals surface area contributed by atoms with Gasteiger partial charge in [-0.15, -0.1) is 11.3 Å². The van der Waals surface area contributed by atoms with E-state index in [1.165, 1.54) is 23.3 Å². The molecule has 3 N–H and O–H groups in total. The lowest BCUT2D eigenvalue weighted by Gasteiger charge is -2.17. The molecule has 2 aliphatic heterocycles. The van der Waals surface area contributed by atoms with Crippen LogP contribution in [0, 0.1) is 0 Å². The van der Waals surface area contributed by atoms with Crippen LogP contribution in [-0.4, -0.2) is 54.2 Å². The van der Waals surface area contributed by atoms with E-state index in [1.54, 1.807) is 11.4 Å². The highest BCUT2D eigenvalue weighted by atomic mass is 32.1. The summed E-state index contributed by atoms with van der Waals surface area (Å²) < 4.78 is 4.77. The van der Waals surface area contributed by atoms with Crippen LogP contribution in [0.25, 0.3) is 0 Å². The summed E-state index contributed by atoms with van der Waals surface area (Å²) in [6.45, 7) is 1.85. The van der Waals surface area contributed by atoms with Crippen molar-refractivity contribution in [3.63, 3.8) is 0 Å². The Bertz CT molecular complexity index is 905. The number of thiophene rings is 1. The van der Waals surface area contributed by atoms with Gasteiger partial charge < -0.3 is 20.3 Å². The first-order valence-electron chi connectivity index (χ1n) is 8.65. The lowest BCUT2D eigenvalue weighted by molar-refractivity contribution is -0.118. The number of hydrogen-bond acceptors (Lipinski definition) is 7. The van der Waals surface area contributed by atoms with E-state index in [1.807, 2.05) is 0 Å². The number of fused-ring (bicyclic) bond motifs is 1. The molecule has 1 unspecified atom stereocenters. The number of carbonyl (C=O) groups excluding carboxylic acids is 3. The molecule has 4 rings (SSSR count). The Balaban J connectivity index is 1.48. The van der Waals surface area contributed by atoms with Crippen LogP contribution in [-0.2, 0) is 22.5 Å². The van der Waals surface area contributed by atoms with E-state index in [-0.39, 0.29) is 11.8 Å². The number of H-pyrrole nitrogens is 1. The first kappa shape index (κ1) is 17.7. The third kappa shape index (κ3) is 3.10. The molecule has 4 heterocycles. The van der Waals surface area contributed by atoms with Crippen molar-refractivity contribution in [1.29, 1.82) is 0 Å². The van der Waals surface area contributed by atoms with E-state index in [0.29, 0.717) is 35.8 Å². The topological polar surface area (TPSA) is 116 Å². The molecule has 2 aromatic heterocycles. The maximum atomic E-state index is 12.8. The molecule has 9 nitrogen and oxygen atoms in total. The summed E-state index contributed by atoms with van der Waals surface area (Å²) in [5.74, 6) is -1.09. The maximum Gasteiger partial charge on any atom is 0.340 e. The van der Waals surface area contributed by atoms with Crippen molar-refractivity contribution in [3.8, 4) is 0 Å². The maximum absolute atomic E-state index is 12.8. The third-order valence-electron chi connectivity index (χ3n) is 4.83. The quantitative estimate of drug-likeness (QED) is 0.654. The Morgan fingerprint density at radius 2 is 2.30 bits per heavy atom. The van der Waals surface area contributed by atoms with E-state index in [2.05, 4.69) is 20.8 Å². The van der Waals surface area contributed by atoms with E-state index >= 15 is 0 Å². The summed E-state index contributed by atoms with van der Waals surface area (Å²) in [7, 11) is 1.30.